The third-order valence-corrected chi connectivity index (χ3v) is 3.37. The van der Waals surface area contributed by atoms with Crippen LogP contribution >= 0.6 is 12.4 Å². The first kappa shape index (κ1) is 18.4. The third kappa shape index (κ3) is 4.99. The summed E-state index contributed by atoms with van der Waals surface area (Å²) in [5.74, 6) is 0.0611. The zero-order valence-electron chi connectivity index (χ0n) is 12.1. The minimum absolute atomic E-state index is 0. The number of hydrogen-bond acceptors (Lipinski definition) is 4. The van der Waals surface area contributed by atoms with Gasteiger partial charge in [-0.3, -0.25) is 4.79 Å². The van der Waals surface area contributed by atoms with Crippen LogP contribution in [0.3, 0.4) is 0 Å². The average Bonchev–Trinajstić information content (AvgIpc) is 2.49. The number of carbonyl (C=O) groups excluding carboxylic acids is 1. The second-order valence-corrected chi connectivity index (χ2v) is 4.75. The fourth-order valence-electron chi connectivity index (χ4n) is 2.25. The van der Waals surface area contributed by atoms with E-state index in [1.54, 1.807) is 0 Å². The van der Waals surface area contributed by atoms with E-state index in [0.717, 1.165) is 25.9 Å². The van der Waals surface area contributed by atoms with Crippen LogP contribution in [0.5, 0.6) is 11.5 Å². The molecule has 0 atom stereocenters. The smallest absolute Gasteiger partial charge is 0.387 e. The van der Waals surface area contributed by atoms with Crippen molar-refractivity contribution in [3.05, 3.63) is 18.2 Å². The highest BCUT2D eigenvalue weighted by molar-refractivity contribution is 5.94. The van der Waals surface area contributed by atoms with Crippen molar-refractivity contribution < 1.29 is 23.0 Å². The number of nitrogens with one attached hydrogen (secondary N) is 2. The van der Waals surface area contributed by atoms with E-state index in [-0.39, 0.29) is 35.7 Å². The lowest BCUT2D eigenvalue weighted by Gasteiger charge is -2.22. The third-order valence-electron chi connectivity index (χ3n) is 3.37. The van der Waals surface area contributed by atoms with Crippen molar-refractivity contribution in [3.8, 4) is 11.5 Å². The number of anilines is 1. The second-order valence-electron chi connectivity index (χ2n) is 4.75. The minimum atomic E-state index is -2.95. The number of amides is 1. The SMILES string of the molecule is COc1ccc(OC(F)F)c(NC(=O)C2CCNCC2)c1.Cl. The molecule has 1 amide bonds. The lowest BCUT2D eigenvalue weighted by Crippen LogP contribution is -2.34. The lowest BCUT2D eigenvalue weighted by atomic mass is 9.97. The Morgan fingerprint density at radius 1 is 1.36 bits per heavy atom. The van der Waals surface area contributed by atoms with Crippen molar-refractivity contribution >= 4 is 24.0 Å². The first-order valence-electron chi connectivity index (χ1n) is 6.74. The molecule has 1 aromatic rings. The summed E-state index contributed by atoms with van der Waals surface area (Å²) in [6, 6.07) is 4.32. The van der Waals surface area contributed by atoms with Crippen molar-refractivity contribution in [2.75, 3.05) is 25.5 Å². The summed E-state index contributed by atoms with van der Waals surface area (Å²) in [4.78, 5) is 12.2. The van der Waals surface area contributed by atoms with Gasteiger partial charge in [0.1, 0.15) is 11.5 Å². The van der Waals surface area contributed by atoms with Crippen molar-refractivity contribution in [1.82, 2.24) is 5.32 Å². The summed E-state index contributed by atoms with van der Waals surface area (Å²) in [6.45, 7) is -1.40. The molecule has 0 radical (unpaired) electrons. The number of rotatable bonds is 5. The van der Waals surface area contributed by atoms with E-state index in [9.17, 15) is 13.6 Å². The van der Waals surface area contributed by atoms with Crippen LogP contribution in [0.4, 0.5) is 14.5 Å². The van der Waals surface area contributed by atoms with Crippen LogP contribution in [0.2, 0.25) is 0 Å². The van der Waals surface area contributed by atoms with Gasteiger partial charge in [0.25, 0.3) is 0 Å². The molecule has 0 aromatic heterocycles. The van der Waals surface area contributed by atoms with Gasteiger partial charge < -0.3 is 20.1 Å². The molecule has 1 fully saturated rings. The van der Waals surface area contributed by atoms with Crippen LogP contribution < -0.4 is 20.1 Å². The van der Waals surface area contributed by atoms with E-state index in [2.05, 4.69) is 15.4 Å². The fourth-order valence-corrected chi connectivity index (χ4v) is 2.25. The van der Waals surface area contributed by atoms with E-state index < -0.39 is 6.61 Å². The van der Waals surface area contributed by atoms with E-state index in [1.165, 1.54) is 25.3 Å². The largest absolute Gasteiger partial charge is 0.497 e. The Kier molecular flexibility index (Phi) is 7.34. The highest BCUT2D eigenvalue weighted by atomic mass is 35.5. The van der Waals surface area contributed by atoms with Crippen LogP contribution in [0.15, 0.2) is 18.2 Å². The second kappa shape index (κ2) is 8.75. The van der Waals surface area contributed by atoms with Crippen LogP contribution in [0.25, 0.3) is 0 Å². The molecule has 2 N–H and O–H groups in total. The molecular weight excluding hydrogens is 318 g/mol. The van der Waals surface area contributed by atoms with Gasteiger partial charge in [0.2, 0.25) is 5.91 Å². The number of benzene rings is 1. The maximum Gasteiger partial charge on any atom is 0.387 e. The first-order chi connectivity index (χ1) is 10.1. The Hall–Kier alpha value is -1.60. The summed E-state index contributed by atoms with van der Waals surface area (Å²) in [7, 11) is 1.46. The zero-order chi connectivity index (χ0) is 15.2. The van der Waals surface area contributed by atoms with Gasteiger partial charge in [0.15, 0.2) is 0 Å². The van der Waals surface area contributed by atoms with Crippen LogP contribution in [-0.2, 0) is 4.79 Å². The highest BCUT2D eigenvalue weighted by Crippen LogP contribution is 2.31. The summed E-state index contributed by atoms with van der Waals surface area (Å²) in [5.41, 5.74) is 0.193. The lowest BCUT2D eigenvalue weighted by molar-refractivity contribution is -0.120. The molecule has 0 unspecified atom stereocenters. The van der Waals surface area contributed by atoms with Crippen LogP contribution in [0.1, 0.15) is 12.8 Å². The van der Waals surface area contributed by atoms with Crippen molar-refractivity contribution in [1.29, 1.82) is 0 Å². The zero-order valence-corrected chi connectivity index (χ0v) is 12.9. The monoisotopic (exact) mass is 336 g/mol. The van der Waals surface area contributed by atoms with E-state index in [1.807, 2.05) is 0 Å². The summed E-state index contributed by atoms with van der Waals surface area (Å²) in [5, 5.41) is 5.82. The average molecular weight is 337 g/mol. The van der Waals surface area contributed by atoms with E-state index in [4.69, 9.17) is 4.74 Å². The van der Waals surface area contributed by atoms with Crippen LogP contribution in [0, 0.1) is 5.92 Å². The van der Waals surface area contributed by atoms with Gasteiger partial charge in [-0.15, -0.1) is 12.4 Å². The minimum Gasteiger partial charge on any atom is -0.497 e. The quantitative estimate of drug-likeness (QED) is 0.868. The molecule has 0 bridgehead atoms. The number of alkyl halides is 2. The van der Waals surface area contributed by atoms with Gasteiger partial charge in [-0.2, -0.15) is 8.78 Å². The fraction of sp³-hybridized carbons (Fsp3) is 0.500. The Labute approximate surface area is 133 Å². The van der Waals surface area contributed by atoms with Gasteiger partial charge in [0.05, 0.1) is 12.8 Å². The molecule has 0 spiro atoms. The molecule has 1 aromatic carbocycles. The summed E-state index contributed by atoms with van der Waals surface area (Å²) in [6.07, 6.45) is 1.45. The molecule has 1 heterocycles. The van der Waals surface area contributed by atoms with Gasteiger partial charge in [-0.1, -0.05) is 0 Å². The van der Waals surface area contributed by atoms with Crippen molar-refractivity contribution in [2.45, 2.75) is 19.5 Å². The maximum atomic E-state index is 12.4. The molecule has 1 aliphatic heterocycles. The topological polar surface area (TPSA) is 59.6 Å². The molecule has 1 aliphatic rings. The molecule has 0 saturated carbocycles. The number of piperidine rings is 1. The van der Waals surface area contributed by atoms with Gasteiger partial charge >= 0.3 is 6.61 Å². The van der Waals surface area contributed by atoms with Gasteiger partial charge in [-0.05, 0) is 38.1 Å². The first-order valence-corrected chi connectivity index (χ1v) is 6.74. The van der Waals surface area contributed by atoms with Crippen molar-refractivity contribution in [2.24, 2.45) is 5.92 Å². The van der Waals surface area contributed by atoms with Crippen molar-refractivity contribution in [3.63, 3.8) is 0 Å². The molecule has 5 nitrogen and oxygen atoms in total. The molecule has 1 saturated heterocycles. The molecule has 22 heavy (non-hydrogen) atoms. The number of ether oxygens (including phenoxy) is 2. The summed E-state index contributed by atoms with van der Waals surface area (Å²) < 4.78 is 34.3. The Bertz CT molecular complexity index is 497. The van der Waals surface area contributed by atoms with E-state index >= 15 is 0 Å². The Balaban J connectivity index is 0.00000242. The highest BCUT2D eigenvalue weighted by Gasteiger charge is 2.22. The Morgan fingerprint density at radius 2 is 2.05 bits per heavy atom. The number of methoxy groups -OCH3 is 1. The summed E-state index contributed by atoms with van der Waals surface area (Å²) >= 11 is 0. The molecule has 0 aliphatic carbocycles. The molecule has 124 valence electrons. The molecule has 8 heteroatoms. The van der Waals surface area contributed by atoms with Gasteiger partial charge in [0, 0.05) is 12.0 Å². The molecule has 2 rings (SSSR count). The normalized spacial score (nSPS) is 15.1. The number of halogens is 3. The standard InChI is InChI=1S/C14H18F2N2O3.ClH/c1-20-10-2-3-12(21-14(15)16)11(8-10)18-13(19)9-4-6-17-7-5-9;/h2-3,8-9,14,17H,4-7H2,1H3,(H,18,19);1H. The van der Waals surface area contributed by atoms with E-state index in [0.29, 0.717) is 5.75 Å². The Morgan fingerprint density at radius 3 is 2.64 bits per heavy atom. The van der Waals surface area contributed by atoms with Crippen LogP contribution in [-0.4, -0.2) is 32.7 Å². The predicted octanol–water partition coefficient (Wildman–Crippen LogP) is 2.66. The molecular formula is C14H19ClF2N2O3. The number of carbonyl (C=O) groups is 1. The van der Waals surface area contributed by atoms with Gasteiger partial charge in [-0.25, -0.2) is 0 Å². The predicted molar refractivity (Wildman–Crippen MR) is 81.1 cm³/mol. The maximum absolute atomic E-state index is 12.4. The number of hydrogen-bond donors (Lipinski definition) is 2.